The van der Waals surface area contributed by atoms with Gasteiger partial charge in [0.05, 0.1) is 6.26 Å². The summed E-state index contributed by atoms with van der Waals surface area (Å²) in [6, 6.07) is 3.69. The van der Waals surface area contributed by atoms with Crippen LogP contribution in [0.1, 0.15) is 26.5 Å². The Labute approximate surface area is 94.7 Å². The fraction of sp³-hybridized carbons (Fsp3) is 0.417. The molecule has 0 saturated carbocycles. The molecule has 2 aromatic heterocycles. The van der Waals surface area contributed by atoms with E-state index in [9.17, 15) is 0 Å². The molecule has 0 aromatic carbocycles. The third-order valence-corrected chi connectivity index (χ3v) is 2.17. The predicted molar refractivity (Wildman–Crippen MR) is 60.8 cm³/mol. The lowest BCUT2D eigenvalue weighted by Crippen LogP contribution is -2.35. The van der Waals surface area contributed by atoms with Gasteiger partial charge in [0, 0.05) is 12.1 Å². The standard InChI is InChI=1S/C12H16N2O2/c1-12(2,3)14-7-9-11(16-8-13-9)10-5-4-6-15-10/h4-6,8,14H,7H2,1-3H3. The topological polar surface area (TPSA) is 51.2 Å². The zero-order chi connectivity index (χ0) is 11.6. The summed E-state index contributed by atoms with van der Waals surface area (Å²) in [6.07, 6.45) is 3.07. The van der Waals surface area contributed by atoms with Crippen molar-refractivity contribution in [2.24, 2.45) is 0 Å². The van der Waals surface area contributed by atoms with Crippen LogP contribution in [0.15, 0.2) is 33.6 Å². The second kappa shape index (κ2) is 4.14. The lowest BCUT2D eigenvalue weighted by molar-refractivity contribution is 0.420. The SMILES string of the molecule is CC(C)(C)NCc1ncoc1-c1ccco1. The number of hydrogen-bond acceptors (Lipinski definition) is 4. The van der Waals surface area contributed by atoms with Crippen LogP contribution in [0.5, 0.6) is 0 Å². The molecule has 16 heavy (non-hydrogen) atoms. The van der Waals surface area contributed by atoms with Crippen LogP contribution in [0, 0.1) is 0 Å². The Morgan fingerprint density at radius 3 is 2.75 bits per heavy atom. The molecular weight excluding hydrogens is 204 g/mol. The van der Waals surface area contributed by atoms with Gasteiger partial charge in [-0.1, -0.05) is 0 Å². The van der Waals surface area contributed by atoms with Crippen molar-refractivity contribution in [2.45, 2.75) is 32.9 Å². The van der Waals surface area contributed by atoms with E-state index < -0.39 is 0 Å². The summed E-state index contributed by atoms with van der Waals surface area (Å²) < 4.78 is 10.6. The van der Waals surface area contributed by atoms with Crippen molar-refractivity contribution in [3.8, 4) is 11.5 Å². The lowest BCUT2D eigenvalue weighted by atomic mass is 10.1. The third kappa shape index (κ3) is 2.52. The van der Waals surface area contributed by atoms with Gasteiger partial charge >= 0.3 is 0 Å². The zero-order valence-corrected chi connectivity index (χ0v) is 9.78. The first kappa shape index (κ1) is 11.0. The second-order valence-electron chi connectivity index (χ2n) is 4.71. The van der Waals surface area contributed by atoms with Gasteiger partial charge in [-0.2, -0.15) is 0 Å². The average molecular weight is 220 g/mol. The molecule has 0 radical (unpaired) electrons. The van der Waals surface area contributed by atoms with Crippen LogP contribution in [-0.2, 0) is 6.54 Å². The Balaban J connectivity index is 2.14. The maximum atomic E-state index is 5.33. The van der Waals surface area contributed by atoms with Crippen LogP contribution < -0.4 is 5.32 Å². The van der Waals surface area contributed by atoms with Crippen LogP contribution in [0.2, 0.25) is 0 Å². The maximum absolute atomic E-state index is 5.33. The van der Waals surface area contributed by atoms with E-state index in [0.29, 0.717) is 18.1 Å². The van der Waals surface area contributed by atoms with Crippen molar-refractivity contribution in [3.05, 3.63) is 30.5 Å². The van der Waals surface area contributed by atoms with Crippen LogP contribution in [0.4, 0.5) is 0 Å². The van der Waals surface area contributed by atoms with Gasteiger partial charge in [0.1, 0.15) is 5.69 Å². The summed E-state index contributed by atoms with van der Waals surface area (Å²) >= 11 is 0. The predicted octanol–water partition coefficient (Wildman–Crippen LogP) is 2.82. The summed E-state index contributed by atoms with van der Waals surface area (Å²) in [6.45, 7) is 7.00. The summed E-state index contributed by atoms with van der Waals surface area (Å²) in [5, 5.41) is 3.36. The lowest BCUT2D eigenvalue weighted by Gasteiger charge is -2.19. The molecule has 1 N–H and O–H groups in total. The molecule has 0 spiro atoms. The quantitative estimate of drug-likeness (QED) is 0.864. The molecule has 0 aliphatic rings. The van der Waals surface area contributed by atoms with Crippen molar-refractivity contribution < 1.29 is 8.83 Å². The molecule has 0 saturated heterocycles. The largest absolute Gasteiger partial charge is 0.461 e. The molecule has 4 heteroatoms. The smallest absolute Gasteiger partial charge is 0.194 e. The van der Waals surface area contributed by atoms with Crippen molar-refractivity contribution in [1.82, 2.24) is 10.3 Å². The van der Waals surface area contributed by atoms with E-state index in [2.05, 4.69) is 31.1 Å². The van der Waals surface area contributed by atoms with E-state index in [-0.39, 0.29) is 5.54 Å². The highest BCUT2D eigenvalue weighted by molar-refractivity contribution is 5.52. The molecule has 2 heterocycles. The van der Waals surface area contributed by atoms with Gasteiger partial charge in [-0.3, -0.25) is 0 Å². The minimum Gasteiger partial charge on any atom is -0.461 e. The van der Waals surface area contributed by atoms with Crippen molar-refractivity contribution in [3.63, 3.8) is 0 Å². The van der Waals surface area contributed by atoms with Crippen LogP contribution in [-0.4, -0.2) is 10.5 Å². The molecule has 0 bridgehead atoms. The Morgan fingerprint density at radius 2 is 2.12 bits per heavy atom. The minimum absolute atomic E-state index is 0.0549. The van der Waals surface area contributed by atoms with Crippen molar-refractivity contribution >= 4 is 0 Å². The number of nitrogens with zero attached hydrogens (tertiary/aromatic N) is 1. The van der Waals surface area contributed by atoms with Gasteiger partial charge in [0.2, 0.25) is 0 Å². The fourth-order valence-electron chi connectivity index (χ4n) is 1.35. The first-order valence-corrected chi connectivity index (χ1v) is 5.27. The average Bonchev–Trinajstić information content (AvgIpc) is 2.84. The zero-order valence-electron chi connectivity index (χ0n) is 9.78. The Kier molecular flexibility index (Phi) is 2.83. The molecule has 86 valence electrons. The van der Waals surface area contributed by atoms with Gasteiger partial charge in [0.25, 0.3) is 0 Å². The van der Waals surface area contributed by atoms with Gasteiger partial charge < -0.3 is 14.2 Å². The summed E-state index contributed by atoms with van der Waals surface area (Å²) in [7, 11) is 0. The van der Waals surface area contributed by atoms with E-state index in [1.807, 2.05) is 12.1 Å². The number of furan rings is 1. The van der Waals surface area contributed by atoms with Crippen molar-refractivity contribution in [1.29, 1.82) is 0 Å². The number of nitrogens with one attached hydrogen (secondary N) is 1. The molecule has 0 aliphatic carbocycles. The number of aromatic nitrogens is 1. The Hall–Kier alpha value is -1.55. The molecule has 4 nitrogen and oxygen atoms in total. The van der Waals surface area contributed by atoms with Crippen LogP contribution >= 0.6 is 0 Å². The summed E-state index contributed by atoms with van der Waals surface area (Å²) in [4.78, 5) is 4.19. The molecule has 0 atom stereocenters. The highest BCUT2D eigenvalue weighted by Gasteiger charge is 2.15. The summed E-state index contributed by atoms with van der Waals surface area (Å²) in [5.74, 6) is 1.41. The van der Waals surface area contributed by atoms with Crippen LogP contribution in [0.25, 0.3) is 11.5 Å². The fourth-order valence-corrected chi connectivity index (χ4v) is 1.35. The minimum atomic E-state index is 0.0549. The number of rotatable bonds is 3. The van der Waals surface area contributed by atoms with E-state index in [1.165, 1.54) is 6.39 Å². The molecule has 0 aliphatic heterocycles. The van der Waals surface area contributed by atoms with Gasteiger partial charge in [-0.05, 0) is 32.9 Å². The highest BCUT2D eigenvalue weighted by Crippen LogP contribution is 2.23. The normalized spacial score (nSPS) is 11.9. The number of hydrogen-bond donors (Lipinski definition) is 1. The van der Waals surface area contributed by atoms with Crippen molar-refractivity contribution in [2.75, 3.05) is 0 Å². The van der Waals surface area contributed by atoms with E-state index in [4.69, 9.17) is 8.83 Å². The van der Waals surface area contributed by atoms with Gasteiger partial charge in [0.15, 0.2) is 17.9 Å². The number of oxazole rings is 1. The van der Waals surface area contributed by atoms with Gasteiger partial charge in [-0.25, -0.2) is 4.98 Å². The Morgan fingerprint density at radius 1 is 1.31 bits per heavy atom. The van der Waals surface area contributed by atoms with E-state index in [1.54, 1.807) is 6.26 Å². The molecule has 0 fully saturated rings. The molecule has 0 unspecified atom stereocenters. The molecule has 0 amide bonds. The first-order valence-electron chi connectivity index (χ1n) is 5.27. The summed E-state index contributed by atoms with van der Waals surface area (Å²) in [5.41, 5.74) is 0.921. The molecule has 2 rings (SSSR count). The Bertz CT molecular complexity index is 438. The van der Waals surface area contributed by atoms with E-state index >= 15 is 0 Å². The maximum Gasteiger partial charge on any atom is 0.194 e. The van der Waals surface area contributed by atoms with E-state index in [0.717, 1.165) is 5.69 Å². The monoisotopic (exact) mass is 220 g/mol. The first-order chi connectivity index (χ1) is 7.56. The molecular formula is C12H16N2O2. The van der Waals surface area contributed by atoms with Gasteiger partial charge in [-0.15, -0.1) is 0 Å². The highest BCUT2D eigenvalue weighted by atomic mass is 16.4. The second-order valence-corrected chi connectivity index (χ2v) is 4.71. The molecule has 2 aromatic rings. The van der Waals surface area contributed by atoms with Crippen LogP contribution in [0.3, 0.4) is 0 Å². The third-order valence-electron chi connectivity index (χ3n) is 2.17.